The first kappa shape index (κ1) is 24.1. The van der Waals surface area contributed by atoms with Crippen LogP contribution in [0.15, 0.2) is 52.5 Å². The van der Waals surface area contributed by atoms with Gasteiger partial charge in [-0.1, -0.05) is 41.0 Å². The van der Waals surface area contributed by atoms with Gasteiger partial charge < -0.3 is 5.11 Å². The Kier molecular flexibility index (Phi) is 7.40. The molecule has 0 saturated heterocycles. The molecule has 11 heteroatoms. The molecule has 2 heterocycles. The molecule has 0 unspecified atom stereocenters. The summed E-state index contributed by atoms with van der Waals surface area (Å²) in [6.45, 7) is 2.51. The van der Waals surface area contributed by atoms with E-state index < -0.39 is 23.2 Å². The molecule has 1 N–H and O–H groups in total. The van der Waals surface area contributed by atoms with Crippen molar-refractivity contribution in [1.82, 2.24) is 14.3 Å². The van der Waals surface area contributed by atoms with E-state index in [1.165, 1.54) is 35.0 Å². The predicted molar refractivity (Wildman–Crippen MR) is 119 cm³/mol. The third-order valence-corrected chi connectivity index (χ3v) is 6.44. The fraction of sp³-hybridized carbons (Fsp3) is 0.100. The first-order chi connectivity index (χ1) is 14.3. The molecule has 0 fully saturated rings. The van der Waals surface area contributed by atoms with Crippen molar-refractivity contribution in [1.29, 1.82) is 0 Å². The van der Waals surface area contributed by atoms with Crippen molar-refractivity contribution in [2.75, 3.05) is 0 Å². The summed E-state index contributed by atoms with van der Waals surface area (Å²) < 4.78 is 32.8. The van der Waals surface area contributed by atoms with Crippen LogP contribution in [-0.4, -0.2) is 55.0 Å². The molecule has 2 aromatic heterocycles. The zero-order valence-corrected chi connectivity index (χ0v) is 17.7. The summed E-state index contributed by atoms with van der Waals surface area (Å²) in [5.41, 5.74) is 0.179. The molecule has 0 bridgehead atoms. The molecule has 4 rings (SSSR count). The van der Waals surface area contributed by atoms with E-state index in [0.717, 1.165) is 11.8 Å². The van der Waals surface area contributed by atoms with Crippen LogP contribution in [0.25, 0.3) is 16.6 Å². The fourth-order valence-corrected chi connectivity index (χ4v) is 4.67. The van der Waals surface area contributed by atoms with Gasteiger partial charge in [-0.05, 0) is 31.2 Å². The van der Waals surface area contributed by atoms with E-state index in [-0.39, 0.29) is 50.1 Å². The number of aromatic carboxylic acids is 1. The maximum absolute atomic E-state index is 15.0. The van der Waals surface area contributed by atoms with Gasteiger partial charge in [-0.25, -0.2) is 13.6 Å². The van der Waals surface area contributed by atoms with Crippen molar-refractivity contribution < 1.29 is 18.7 Å². The Hall–Kier alpha value is -1.55. The van der Waals surface area contributed by atoms with Gasteiger partial charge in [0.15, 0.2) is 11.6 Å². The number of carboxylic acid groups (broad SMARTS) is 1. The summed E-state index contributed by atoms with van der Waals surface area (Å²) in [5.74, 6) is -2.94. The van der Waals surface area contributed by atoms with Gasteiger partial charge in [0.2, 0.25) is 0 Å². The van der Waals surface area contributed by atoms with Crippen molar-refractivity contribution >= 4 is 81.4 Å². The normalized spacial score (nSPS) is 11.0. The Labute approximate surface area is 212 Å². The van der Waals surface area contributed by atoms with Crippen LogP contribution < -0.4 is 0 Å². The van der Waals surface area contributed by atoms with Crippen LogP contribution in [0.3, 0.4) is 0 Å². The van der Waals surface area contributed by atoms with Crippen LogP contribution in [-0.2, 0) is 6.54 Å². The van der Waals surface area contributed by atoms with Gasteiger partial charge >= 0.3 is 35.5 Å². The van der Waals surface area contributed by atoms with Gasteiger partial charge in [0.1, 0.15) is 5.15 Å². The second-order valence-corrected chi connectivity index (χ2v) is 8.11. The van der Waals surface area contributed by atoms with E-state index in [1.54, 1.807) is 16.9 Å². The number of aryl methyl sites for hydroxylation is 1. The molecule has 0 saturated carbocycles. The number of hydrogen-bond donors (Lipinski definition) is 1. The number of aromatic nitrogens is 3. The average molecular weight is 492 g/mol. The van der Waals surface area contributed by atoms with Gasteiger partial charge in [-0.3, -0.25) is 9.25 Å². The summed E-state index contributed by atoms with van der Waals surface area (Å²) >= 11 is 13.5. The average Bonchev–Trinajstić information content (AvgIpc) is 3.29. The Balaban J connectivity index is 0.00000272. The maximum atomic E-state index is 15.0. The molecule has 0 radical (unpaired) electrons. The molecule has 0 atom stereocenters. The van der Waals surface area contributed by atoms with Crippen LogP contribution in [0.2, 0.25) is 10.2 Å². The second kappa shape index (κ2) is 9.52. The third-order valence-electron chi connectivity index (χ3n) is 4.53. The molecule has 31 heavy (non-hydrogen) atoms. The molecule has 2 aromatic carbocycles. The van der Waals surface area contributed by atoms with E-state index in [2.05, 4.69) is 5.10 Å². The Bertz CT molecular complexity index is 1310. The Morgan fingerprint density at radius 3 is 2.58 bits per heavy atom. The van der Waals surface area contributed by atoms with Gasteiger partial charge in [-0.15, -0.1) is 0 Å². The molecule has 5 nitrogen and oxygen atoms in total. The SMILES string of the molecule is CCn1cc(-n2c(Cl)c(Sc3cccc(C(=O)O)c3F)c3ccc(Cl)c(F)c32)cn1.[NaH]. The second-order valence-electron chi connectivity index (χ2n) is 6.29. The third kappa shape index (κ3) is 4.25. The van der Waals surface area contributed by atoms with Crippen molar-refractivity contribution in [3.63, 3.8) is 0 Å². The first-order valence-corrected chi connectivity index (χ1v) is 10.3. The van der Waals surface area contributed by atoms with Crippen LogP contribution >= 0.6 is 35.0 Å². The van der Waals surface area contributed by atoms with E-state index in [0.29, 0.717) is 22.5 Å². The topological polar surface area (TPSA) is 60.0 Å². The van der Waals surface area contributed by atoms with Crippen LogP contribution in [0, 0.1) is 11.6 Å². The van der Waals surface area contributed by atoms with Crippen LogP contribution in [0.1, 0.15) is 17.3 Å². The zero-order valence-electron chi connectivity index (χ0n) is 15.4. The summed E-state index contributed by atoms with van der Waals surface area (Å²) in [5, 5.41) is 13.8. The molecule has 0 aliphatic carbocycles. The van der Waals surface area contributed by atoms with Gasteiger partial charge in [0, 0.05) is 23.0 Å². The number of rotatable bonds is 5. The monoisotopic (exact) mass is 491 g/mol. The van der Waals surface area contributed by atoms with Gasteiger partial charge in [-0.2, -0.15) is 5.10 Å². The molecule has 0 amide bonds. The summed E-state index contributed by atoms with van der Waals surface area (Å²) in [6.07, 6.45) is 3.24. The molecular weight excluding hydrogens is 478 g/mol. The van der Waals surface area contributed by atoms with E-state index in [1.807, 2.05) is 6.92 Å². The van der Waals surface area contributed by atoms with Crippen molar-refractivity contribution in [3.05, 3.63) is 70.1 Å². The number of halogens is 4. The predicted octanol–water partition coefficient (Wildman–Crippen LogP) is 5.63. The van der Waals surface area contributed by atoms with Crippen molar-refractivity contribution in [2.45, 2.75) is 23.3 Å². The molecule has 0 spiro atoms. The summed E-state index contributed by atoms with van der Waals surface area (Å²) in [4.78, 5) is 11.7. The van der Waals surface area contributed by atoms with E-state index in [9.17, 15) is 14.3 Å². The van der Waals surface area contributed by atoms with Crippen molar-refractivity contribution in [3.8, 4) is 5.69 Å². The first-order valence-electron chi connectivity index (χ1n) is 8.73. The Morgan fingerprint density at radius 2 is 1.94 bits per heavy atom. The Morgan fingerprint density at radius 1 is 1.19 bits per heavy atom. The van der Waals surface area contributed by atoms with Crippen LogP contribution in [0.5, 0.6) is 0 Å². The number of fused-ring (bicyclic) bond motifs is 1. The number of carboxylic acids is 1. The van der Waals surface area contributed by atoms with Crippen molar-refractivity contribution in [2.24, 2.45) is 0 Å². The number of nitrogens with zero attached hydrogens (tertiary/aromatic N) is 3. The van der Waals surface area contributed by atoms with E-state index >= 15 is 4.39 Å². The molecule has 4 aromatic rings. The zero-order chi connectivity index (χ0) is 21.6. The number of benzene rings is 2. The van der Waals surface area contributed by atoms with Crippen LogP contribution in [0.4, 0.5) is 8.78 Å². The van der Waals surface area contributed by atoms with E-state index in [4.69, 9.17) is 23.2 Å². The standard InChI is InChI=1S/C20H13Cl2F2N3O2S.Na.H/c1-2-26-9-10(8-25-26)27-17-12(6-7-13(21)16(17)24)18(19(27)22)30-14-5-3-4-11(15(14)23)20(28)29;;/h3-9H,2H2,1H3,(H,28,29);;. The molecule has 0 aliphatic heterocycles. The minimum absolute atomic E-state index is 0. The summed E-state index contributed by atoms with van der Waals surface area (Å²) in [7, 11) is 0. The summed E-state index contributed by atoms with van der Waals surface area (Å²) in [6, 6.07) is 7.03. The molecule has 0 aliphatic rings. The number of hydrogen-bond acceptors (Lipinski definition) is 3. The molecular formula is C20H14Cl2F2N3NaO2S. The van der Waals surface area contributed by atoms with Gasteiger partial charge in [0.05, 0.1) is 32.9 Å². The number of carbonyl (C=O) groups is 1. The molecule has 156 valence electrons. The fourth-order valence-electron chi connectivity index (χ4n) is 3.10. The quantitative estimate of drug-likeness (QED) is 0.367. The van der Waals surface area contributed by atoms with Gasteiger partial charge in [0.25, 0.3) is 0 Å². The minimum atomic E-state index is -1.38.